The maximum Gasteiger partial charge on any atom is 0.335 e. The number of alkyl halides is 1. The Kier molecular flexibility index (Phi) is 6.48. The standard InChI is InChI=1S/C25H29FN2O4/c1-4-32-18-10-12-28(20(14-18)16-5-7-17(8-6-16)25(29)30)24(26)22-19-9-11-27-23(19)15(2)13-21(22)31-3/h5-9,11,13,18,20,24,27H,4,10,12,14H2,1-3H3,(H,29,30)/t18-,20+,24?/m1/s1. The van der Waals surface area contributed by atoms with E-state index in [9.17, 15) is 9.90 Å². The van der Waals surface area contributed by atoms with E-state index in [0.29, 0.717) is 30.9 Å². The van der Waals surface area contributed by atoms with Crippen molar-refractivity contribution in [3.8, 4) is 5.75 Å². The van der Waals surface area contributed by atoms with Crippen LogP contribution < -0.4 is 4.74 Å². The summed E-state index contributed by atoms with van der Waals surface area (Å²) in [4.78, 5) is 16.3. The molecule has 0 bridgehead atoms. The van der Waals surface area contributed by atoms with Crippen molar-refractivity contribution in [2.24, 2.45) is 0 Å². The molecule has 1 unspecified atom stereocenters. The number of aromatic amines is 1. The number of aromatic nitrogens is 1. The molecule has 2 aromatic carbocycles. The number of methoxy groups -OCH3 is 1. The van der Waals surface area contributed by atoms with Gasteiger partial charge in [0.15, 0.2) is 6.30 Å². The number of nitrogens with one attached hydrogen (secondary N) is 1. The highest BCUT2D eigenvalue weighted by Gasteiger charge is 2.37. The molecule has 2 heterocycles. The smallest absolute Gasteiger partial charge is 0.335 e. The molecular weight excluding hydrogens is 411 g/mol. The number of aromatic carboxylic acids is 1. The van der Waals surface area contributed by atoms with E-state index in [0.717, 1.165) is 28.5 Å². The van der Waals surface area contributed by atoms with Crippen LogP contribution in [0.2, 0.25) is 0 Å². The predicted octanol–water partition coefficient (Wildman–Crippen LogP) is 5.39. The molecule has 6 nitrogen and oxygen atoms in total. The molecule has 0 aliphatic carbocycles. The molecule has 0 radical (unpaired) electrons. The van der Waals surface area contributed by atoms with Crippen LogP contribution >= 0.6 is 0 Å². The Balaban J connectivity index is 1.75. The molecule has 7 heteroatoms. The van der Waals surface area contributed by atoms with E-state index in [-0.39, 0.29) is 17.7 Å². The van der Waals surface area contributed by atoms with Crippen molar-refractivity contribution in [3.05, 3.63) is 64.8 Å². The predicted molar refractivity (Wildman–Crippen MR) is 121 cm³/mol. The normalized spacial score (nSPS) is 20.4. The number of ether oxygens (including phenoxy) is 2. The molecule has 170 valence electrons. The molecule has 0 amide bonds. The van der Waals surface area contributed by atoms with Crippen LogP contribution in [0.5, 0.6) is 5.75 Å². The molecule has 1 aliphatic heterocycles. The molecule has 3 aromatic rings. The van der Waals surface area contributed by atoms with Gasteiger partial charge in [-0.2, -0.15) is 0 Å². The fourth-order valence-corrected chi connectivity index (χ4v) is 4.76. The lowest BCUT2D eigenvalue weighted by Crippen LogP contribution is -2.41. The summed E-state index contributed by atoms with van der Waals surface area (Å²) in [6, 6.07) is 10.2. The minimum atomic E-state index is -1.39. The molecular formula is C25H29FN2O4. The number of likely N-dealkylation sites (tertiary alicyclic amines) is 1. The quantitative estimate of drug-likeness (QED) is 0.482. The van der Waals surface area contributed by atoms with E-state index in [1.807, 2.05) is 37.1 Å². The second-order valence-electron chi connectivity index (χ2n) is 8.19. The van der Waals surface area contributed by atoms with Crippen LogP contribution in [-0.4, -0.2) is 47.3 Å². The van der Waals surface area contributed by atoms with Gasteiger partial charge in [0, 0.05) is 36.3 Å². The molecule has 0 saturated carbocycles. The van der Waals surface area contributed by atoms with Gasteiger partial charge >= 0.3 is 5.97 Å². The van der Waals surface area contributed by atoms with Crippen molar-refractivity contribution in [1.82, 2.24) is 9.88 Å². The lowest BCUT2D eigenvalue weighted by atomic mass is 9.91. The number of rotatable bonds is 7. The van der Waals surface area contributed by atoms with E-state index < -0.39 is 12.3 Å². The Bertz CT molecular complexity index is 1100. The zero-order valence-electron chi connectivity index (χ0n) is 18.6. The van der Waals surface area contributed by atoms with Crippen molar-refractivity contribution in [3.63, 3.8) is 0 Å². The zero-order chi connectivity index (χ0) is 22.8. The Hall–Kier alpha value is -2.90. The molecule has 2 N–H and O–H groups in total. The third-order valence-electron chi connectivity index (χ3n) is 6.33. The first-order valence-electron chi connectivity index (χ1n) is 10.9. The van der Waals surface area contributed by atoms with Gasteiger partial charge < -0.3 is 19.6 Å². The van der Waals surface area contributed by atoms with Crippen LogP contribution in [0.3, 0.4) is 0 Å². The van der Waals surface area contributed by atoms with Gasteiger partial charge in [-0.1, -0.05) is 12.1 Å². The summed E-state index contributed by atoms with van der Waals surface area (Å²) in [7, 11) is 1.56. The van der Waals surface area contributed by atoms with Crippen molar-refractivity contribution >= 4 is 16.9 Å². The summed E-state index contributed by atoms with van der Waals surface area (Å²) in [5.74, 6) is -0.458. The highest BCUT2D eigenvalue weighted by molar-refractivity contribution is 5.88. The molecule has 1 fully saturated rings. The van der Waals surface area contributed by atoms with Gasteiger partial charge in [0.25, 0.3) is 0 Å². The van der Waals surface area contributed by atoms with Crippen LogP contribution in [0.4, 0.5) is 4.39 Å². The van der Waals surface area contributed by atoms with Gasteiger partial charge in [-0.25, -0.2) is 9.18 Å². The Morgan fingerprint density at radius 1 is 1.31 bits per heavy atom. The average Bonchev–Trinajstić information content (AvgIpc) is 3.29. The minimum Gasteiger partial charge on any atom is -0.496 e. The van der Waals surface area contributed by atoms with Crippen molar-refractivity contribution < 1.29 is 23.8 Å². The number of piperidine rings is 1. The van der Waals surface area contributed by atoms with Crippen molar-refractivity contribution in [2.45, 2.75) is 45.1 Å². The first-order chi connectivity index (χ1) is 15.4. The minimum absolute atomic E-state index is 0.0276. The highest BCUT2D eigenvalue weighted by Crippen LogP contribution is 2.44. The summed E-state index contributed by atoms with van der Waals surface area (Å²) < 4.78 is 27.8. The van der Waals surface area contributed by atoms with Crippen molar-refractivity contribution in [1.29, 1.82) is 0 Å². The van der Waals surface area contributed by atoms with Gasteiger partial charge in [-0.15, -0.1) is 0 Å². The van der Waals surface area contributed by atoms with E-state index >= 15 is 4.39 Å². The molecule has 1 aliphatic rings. The fourth-order valence-electron chi connectivity index (χ4n) is 4.76. The molecule has 1 aromatic heterocycles. The van der Waals surface area contributed by atoms with Crippen LogP contribution in [0, 0.1) is 6.92 Å². The number of aryl methyl sites for hydroxylation is 1. The number of halogens is 1. The largest absolute Gasteiger partial charge is 0.496 e. The fraction of sp³-hybridized carbons (Fsp3) is 0.400. The number of H-pyrrole nitrogens is 1. The van der Waals surface area contributed by atoms with Gasteiger partial charge in [0.1, 0.15) is 5.75 Å². The van der Waals surface area contributed by atoms with Crippen LogP contribution in [0.1, 0.15) is 59.2 Å². The lowest BCUT2D eigenvalue weighted by molar-refractivity contribution is -0.0533. The first-order valence-corrected chi connectivity index (χ1v) is 10.9. The van der Waals surface area contributed by atoms with E-state index in [2.05, 4.69) is 4.98 Å². The van der Waals surface area contributed by atoms with Crippen LogP contribution in [0.15, 0.2) is 42.6 Å². The summed E-state index contributed by atoms with van der Waals surface area (Å²) in [6.07, 6.45) is 1.81. The third kappa shape index (κ3) is 4.10. The second-order valence-corrected chi connectivity index (χ2v) is 8.19. The summed E-state index contributed by atoms with van der Waals surface area (Å²) in [5, 5.41) is 10.0. The van der Waals surface area contributed by atoms with E-state index in [4.69, 9.17) is 9.47 Å². The number of fused-ring (bicyclic) bond motifs is 1. The van der Waals surface area contributed by atoms with E-state index in [1.165, 1.54) is 0 Å². The summed E-state index contributed by atoms with van der Waals surface area (Å²) in [5.41, 5.74) is 3.49. The Morgan fingerprint density at radius 3 is 2.72 bits per heavy atom. The molecule has 1 saturated heterocycles. The maximum atomic E-state index is 16.4. The zero-order valence-corrected chi connectivity index (χ0v) is 18.6. The van der Waals surface area contributed by atoms with E-state index in [1.54, 1.807) is 31.4 Å². The monoisotopic (exact) mass is 440 g/mol. The number of nitrogens with zero attached hydrogens (tertiary/aromatic N) is 1. The summed E-state index contributed by atoms with van der Waals surface area (Å²) in [6.45, 7) is 5.05. The molecule has 4 rings (SSSR count). The topological polar surface area (TPSA) is 74.8 Å². The second kappa shape index (κ2) is 9.30. The Morgan fingerprint density at radius 2 is 2.06 bits per heavy atom. The number of carbonyl (C=O) groups is 1. The van der Waals surface area contributed by atoms with Gasteiger partial charge in [-0.3, -0.25) is 4.90 Å². The van der Waals surface area contributed by atoms with Gasteiger partial charge in [-0.05, 0) is 62.1 Å². The molecule has 0 spiro atoms. The van der Waals surface area contributed by atoms with Gasteiger partial charge in [0.05, 0.1) is 24.3 Å². The summed E-state index contributed by atoms with van der Waals surface area (Å²) >= 11 is 0. The molecule has 32 heavy (non-hydrogen) atoms. The maximum absolute atomic E-state index is 16.4. The average molecular weight is 441 g/mol. The Labute approximate surface area is 186 Å². The number of carboxylic acid groups (broad SMARTS) is 1. The lowest BCUT2D eigenvalue weighted by Gasteiger charge is -2.41. The SMILES string of the molecule is CCO[C@@H]1CCN(C(F)c2c(OC)cc(C)c3[nH]ccc23)[C@H](c2ccc(C(=O)O)cc2)C1. The van der Waals surface area contributed by atoms with Gasteiger partial charge in [0.2, 0.25) is 0 Å². The van der Waals surface area contributed by atoms with Crippen LogP contribution in [-0.2, 0) is 4.74 Å². The highest BCUT2D eigenvalue weighted by atomic mass is 19.1. The number of benzene rings is 2. The molecule has 3 atom stereocenters. The number of hydrogen-bond donors (Lipinski definition) is 2. The van der Waals surface area contributed by atoms with Crippen LogP contribution in [0.25, 0.3) is 10.9 Å². The van der Waals surface area contributed by atoms with Crippen molar-refractivity contribution in [2.75, 3.05) is 20.3 Å². The number of carboxylic acids is 1. The third-order valence-corrected chi connectivity index (χ3v) is 6.33. The number of hydrogen-bond acceptors (Lipinski definition) is 4. The first kappa shape index (κ1) is 22.3.